The van der Waals surface area contributed by atoms with Gasteiger partial charge in [-0.2, -0.15) is 0 Å². The number of hydrogen-bond acceptors (Lipinski definition) is 4. The minimum Gasteiger partial charge on any atom is -0.394 e. The van der Waals surface area contributed by atoms with E-state index in [0.29, 0.717) is 6.42 Å². The number of rotatable bonds is 3. The number of para-hydroxylation sites is 1. The van der Waals surface area contributed by atoms with Gasteiger partial charge in [0.15, 0.2) is 0 Å². The molecule has 0 radical (unpaired) electrons. The zero-order valence-corrected chi connectivity index (χ0v) is 8.34. The Morgan fingerprint density at radius 1 is 1.33 bits per heavy atom. The van der Waals surface area contributed by atoms with Gasteiger partial charge in [0.1, 0.15) is 12.3 Å². The first-order chi connectivity index (χ1) is 7.29. The van der Waals surface area contributed by atoms with E-state index in [1.807, 2.05) is 30.3 Å². The third kappa shape index (κ3) is 2.47. The Morgan fingerprint density at radius 3 is 2.67 bits per heavy atom. The summed E-state index contributed by atoms with van der Waals surface area (Å²) >= 11 is 0. The summed E-state index contributed by atoms with van der Waals surface area (Å²) in [6, 6.07) is 9.66. The van der Waals surface area contributed by atoms with Gasteiger partial charge in [0.25, 0.3) is 0 Å². The smallest absolute Gasteiger partial charge is 0.130 e. The van der Waals surface area contributed by atoms with Crippen LogP contribution in [0.1, 0.15) is 6.42 Å². The van der Waals surface area contributed by atoms with E-state index in [0.717, 1.165) is 5.69 Å². The maximum absolute atomic E-state index is 9.51. The van der Waals surface area contributed by atoms with Gasteiger partial charge in [-0.15, -0.1) is 0 Å². The largest absolute Gasteiger partial charge is 0.394 e. The fourth-order valence-corrected chi connectivity index (χ4v) is 1.71. The van der Waals surface area contributed by atoms with Crippen LogP contribution in [0.3, 0.4) is 0 Å². The van der Waals surface area contributed by atoms with Crippen molar-refractivity contribution >= 4 is 5.69 Å². The van der Waals surface area contributed by atoms with Crippen molar-refractivity contribution in [1.29, 1.82) is 0 Å². The maximum atomic E-state index is 9.51. The first-order valence-corrected chi connectivity index (χ1v) is 5.05. The molecule has 1 saturated heterocycles. The molecule has 1 aliphatic heterocycles. The second kappa shape index (κ2) is 4.61. The van der Waals surface area contributed by atoms with Crippen molar-refractivity contribution in [3.05, 3.63) is 30.3 Å². The van der Waals surface area contributed by atoms with Crippen molar-refractivity contribution in [2.24, 2.45) is 0 Å². The Kier molecular flexibility index (Phi) is 3.20. The molecule has 0 bridgehead atoms. The van der Waals surface area contributed by atoms with Gasteiger partial charge in [0, 0.05) is 12.1 Å². The number of hydrogen-bond donors (Lipinski definition) is 3. The molecule has 3 N–H and O–H groups in total. The molecule has 1 aromatic rings. The summed E-state index contributed by atoms with van der Waals surface area (Å²) in [5.74, 6) is 0. The van der Waals surface area contributed by atoms with Crippen LogP contribution in [0.25, 0.3) is 0 Å². The molecular formula is C11H15NO3. The molecule has 3 atom stereocenters. The molecule has 4 heteroatoms. The lowest BCUT2D eigenvalue weighted by molar-refractivity contribution is -0.0149. The van der Waals surface area contributed by atoms with E-state index in [4.69, 9.17) is 9.84 Å². The molecule has 15 heavy (non-hydrogen) atoms. The lowest BCUT2D eigenvalue weighted by Crippen LogP contribution is -2.25. The molecule has 1 heterocycles. The van der Waals surface area contributed by atoms with Gasteiger partial charge in [-0.05, 0) is 12.1 Å². The Bertz CT molecular complexity index is 304. The van der Waals surface area contributed by atoms with E-state index in [9.17, 15) is 5.11 Å². The second-order valence-corrected chi connectivity index (χ2v) is 3.66. The summed E-state index contributed by atoms with van der Waals surface area (Å²) in [5, 5.41) is 21.6. The summed E-state index contributed by atoms with van der Waals surface area (Å²) < 4.78 is 5.42. The minimum absolute atomic E-state index is 0.145. The number of anilines is 1. The Balaban J connectivity index is 1.92. The van der Waals surface area contributed by atoms with E-state index < -0.39 is 12.2 Å². The highest BCUT2D eigenvalue weighted by atomic mass is 16.5. The van der Waals surface area contributed by atoms with Crippen LogP contribution in [0.2, 0.25) is 0 Å². The summed E-state index contributed by atoms with van der Waals surface area (Å²) in [5.41, 5.74) is 0.952. The predicted molar refractivity (Wildman–Crippen MR) is 56.4 cm³/mol. The van der Waals surface area contributed by atoms with Gasteiger partial charge >= 0.3 is 0 Å². The quantitative estimate of drug-likeness (QED) is 0.681. The molecule has 0 aromatic heterocycles. The van der Waals surface area contributed by atoms with E-state index in [1.54, 1.807) is 0 Å². The van der Waals surface area contributed by atoms with Crippen LogP contribution in [0.15, 0.2) is 30.3 Å². The second-order valence-electron chi connectivity index (χ2n) is 3.66. The highest BCUT2D eigenvalue weighted by Crippen LogP contribution is 2.21. The first-order valence-electron chi connectivity index (χ1n) is 5.05. The average molecular weight is 209 g/mol. The average Bonchev–Trinajstić information content (AvgIpc) is 2.60. The molecule has 1 aromatic carbocycles. The Hall–Kier alpha value is -1.10. The van der Waals surface area contributed by atoms with Crippen LogP contribution < -0.4 is 5.32 Å². The maximum Gasteiger partial charge on any atom is 0.130 e. The summed E-state index contributed by atoms with van der Waals surface area (Å²) in [4.78, 5) is 0. The van der Waals surface area contributed by atoms with Gasteiger partial charge in [-0.3, -0.25) is 0 Å². The van der Waals surface area contributed by atoms with Gasteiger partial charge in [-0.25, -0.2) is 0 Å². The van der Waals surface area contributed by atoms with Crippen LogP contribution in [-0.2, 0) is 4.74 Å². The highest BCUT2D eigenvalue weighted by Gasteiger charge is 2.33. The molecule has 0 spiro atoms. The zero-order valence-electron chi connectivity index (χ0n) is 8.34. The fraction of sp³-hybridized carbons (Fsp3) is 0.455. The molecule has 82 valence electrons. The van der Waals surface area contributed by atoms with Crippen LogP contribution in [0, 0.1) is 0 Å². The molecule has 1 aliphatic rings. The molecule has 2 rings (SSSR count). The first kappa shape index (κ1) is 10.4. The van der Waals surface area contributed by atoms with Crippen molar-refractivity contribution < 1.29 is 14.9 Å². The molecular weight excluding hydrogens is 194 g/mol. The molecule has 4 nitrogen and oxygen atoms in total. The number of aliphatic hydroxyl groups excluding tert-OH is 2. The summed E-state index contributed by atoms with van der Waals surface area (Å²) in [7, 11) is 0. The lowest BCUT2D eigenvalue weighted by Gasteiger charge is -2.14. The van der Waals surface area contributed by atoms with Crippen LogP contribution in [-0.4, -0.2) is 35.3 Å². The summed E-state index contributed by atoms with van der Waals surface area (Å²) in [6.45, 7) is -0.145. The number of nitrogens with one attached hydrogen (secondary N) is 1. The van der Waals surface area contributed by atoms with Crippen molar-refractivity contribution in [2.75, 3.05) is 11.9 Å². The third-order valence-electron chi connectivity index (χ3n) is 2.51. The van der Waals surface area contributed by atoms with E-state index >= 15 is 0 Å². The van der Waals surface area contributed by atoms with Gasteiger partial charge in [0.2, 0.25) is 0 Å². The molecule has 0 saturated carbocycles. The molecule has 1 unspecified atom stereocenters. The monoisotopic (exact) mass is 209 g/mol. The molecule has 1 fully saturated rings. The standard InChI is InChI=1S/C11H15NO3/c13-7-10-9(14)6-11(15-10)12-8-4-2-1-3-5-8/h1-5,9-14H,6-7H2/t9-,10+,11?/m1/s1. The lowest BCUT2D eigenvalue weighted by atomic mass is 10.2. The van der Waals surface area contributed by atoms with Gasteiger partial charge in [-0.1, -0.05) is 18.2 Å². The highest BCUT2D eigenvalue weighted by molar-refractivity contribution is 5.43. The Morgan fingerprint density at radius 2 is 2.07 bits per heavy atom. The molecule has 0 aliphatic carbocycles. The fourth-order valence-electron chi connectivity index (χ4n) is 1.71. The van der Waals surface area contributed by atoms with Crippen molar-refractivity contribution in [2.45, 2.75) is 24.9 Å². The van der Waals surface area contributed by atoms with Crippen LogP contribution in [0.5, 0.6) is 0 Å². The number of ether oxygens (including phenoxy) is 1. The zero-order chi connectivity index (χ0) is 10.7. The normalized spacial score (nSPS) is 30.4. The third-order valence-corrected chi connectivity index (χ3v) is 2.51. The Labute approximate surface area is 88.5 Å². The van der Waals surface area contributed by atoms with Crippen LogP contribution in [0.4, 0.5) is 5.69 Å². The number of benzene rings is 1. The predicted octanol–water partition coefficient (Wildman–Crippen LogP) is 0.567. The topological polar surface area (TPSA) is 61.7 Å². The summed E-state index contributed by atoms with van der Waals surface area (Å²) in [6.07, 6.45) is -0.776. The van der Waals surface area contributed by atoms with E-state index in [-0.39, 0.29) is 12.8 Å². The molecule has 0 amide bonds. The SMILES string of the molecule is OC[C@@H]1OC(Nc2ccccc2)C[C@H]1O. The van der Waals surface area contributed by atoms with Crippen LogP contribution >= 0.6 is 0 Å². The van der Waals surface area contributed by atoms with E-state index in [1.165, 1.54) is 0 Å². The minimum atomic E-state index is -0.587. The number of aliphatic hydroxyl groups is 2. The van der Waals surface area contributed by atoms with Crippen molar-refractivity contribution in [1.82, 2.24) is 0 Å². The van der Waals surface area contributed by atoms with Crippen molar-refractivity contribution in [3.63, 3.8) is 0 Å². The van der Waals surface area contributed by atoms with E-state index in [2.05, 4.69) is 5.32 Å². The van der Waals surface area contributed by atoms with Gasteiger partial charge in [0.05, 0.1) is 12.7 Å². The van der Waals surface area contributed by atoms with Gasteiger partial charge < -0.3 is 20.3 Å². The van der Waals surface area contributed by atoms with Crippen molar-refractivity contribution in [3.8, 4) is 0 Å².